The molecule has 0 rings (SSSR count). The van der Waals surface area contributed by atoms with Crippen LogP contribution in [-0.4, -0.2) is 46.1 Å². The van der Waals surface area contributed by atoms with E-state index < -0.39 is 9.17 Å². The first-order valence-corrected chi connectivity index (χ1v) is 1.95. The fraction of sp³-hybridized carbons (Fsp3) is 0. The fourth-order valence-corrected chi connectivity index (χ4v) is 0. The SMILES string of the molecule is O=[Si](O)O.[H-].[K+].[PbH2]. The Morgan fingerprint density at radius 2 is 1.50 bits per heavy atom. The zero-order valence-electron chi connectivity index (χ0n) is 4.51. The summed E-state index contributed by atoms with van der Waals surface area (Å²) in [6.45, 7) is 0. The Morgan fingerprint density at radius 1 is 1.50 bits per heavy atom. The van der Waals surface area contributed by atoms with E-state index in [0.29, 0.717) is 0 Å². The van der Waals surface area contributed by atoms with Gasteiger partial charge in [-0.3, -0.25) is 4.46 Å². The average molecular weight is 327 g/mol. The summed E-state index contributed by atoms with van der Waals surface area (Å²) in [6.07, 6.45) is 0. The summed E-state index contributed by atoms with van der Waals surface area (Å²) in [7, 11) is -3.13. The van der Waals surface area contributed by atoms with Crippen molar-refractivity contribution in [3.63, 3.8) is 0 Å². The molecule has 6 heavy (non-hydrogen) atoms. The molecule has 0 spiro atoms. The van der Waals surface area contributed by atoms with Crippen LogP contribution in [0.5, 0.6) is 0 Å². The van der Waals surface area contributed by atoms with Gasteiger partial charge in [0.15, 0.2) is 0 Å². The molecule has 0 unspecified atom stereocenters. The second-order valence-electron chi connectivity index (χ2n) is 0.283. The molecule has 0 bridgehead atoms. The molecule has 0 saturated carbocycles. The molecule has 2 radical (unpaired) electrons. The molecule has 0 saturated heterocycles. The molecular weight excluding hydrogens is 322 g/mol. The molecular formula is H5KO3PbSi. The van der Waals surface area contributed by atoms with Crippen LogP contribution in [-0.2, 0) is 4.46 Å². The first kappa shape index (κ1) is 15.7. The zero-order valence-corrected chi connectivity index (χ0v) is 13.1. The monoisotopic (exact) mass is 328 g/mol. The second kappa shape index (κ2) is 10.2. The van der Waals surface area contributed by atoms with E-state index in [4.69, 9.17) is 14.1 Å². The van der Waals surface area contributed by atoms with E-state index in [-0.39, 0.29) is 80.1 Å². The van der Waals surface area contributed by atoms with Crippen molar-refractivity contribution in [2.24, 2.45) is 0 Å². The van der Waals surface area contributed by atoms with Crippen molar-refractivity contribution in [2.75, 3.05) is 0 Å². The zero-order chi connectivity index (χ0) is 3.58. The van der Waals surface area contributed by atoms with Crippen molar-refractivity contribution >= 4 is 36.5 Å². The van der Waals surface area contributed by atoms with E-state index >= 15 is 0 Å². The molecule has 0 fully saturated rings. The Balaban J connectivity index is -0.0000000150. The Hall–Kier alpha value is 2.18. The van der Waals surface area contributed by atoms with Crippen molar-refractivity contribution < 1.29 is 66.9 Å². The fourth-order valence-electron chi connectivity index (χ4n) is 0. The summed E-state index contributed by atoms with van der Waals surface area (Å²) < 4.78 is 8.74. The normalized spacial score (nSPS) is 4.00. The van der Waals surface area contributed by atoms with Crippen molar-refractivity contribution in [3.8, 4) is 0 Å². The van der Waals surface area contributed by atoms with Crippen LogP contribution in [0.3, 0.4) is 0 Å². The van der Waals surface area contributed by atoms with Crippen LogP contribution in [0, 0.1) is 0 Å². The van der Waals surface area contributed by atoms with E-state index in [9.17, 15) is 0 Å². The Bertz CT molecular complexity index is 37.9. The van der Waals surface area contributed by atoms with Crippen LogP contribution in [0.1, 0.15) is 1.43 Å². The van der Waals surface area contributed by atoms with Gasteiger partial charge in [-0.15, -0.1) is 0 Å². The summed E-state index contributed by atoms with van der Waals surface area (Å²) in [5.41, 5.74) is 0. The van der Waals surface area contributed by atoms with Crippen LogP contribution >= 0.6 is 0 Å². The van der Waals surface area contributed by atoms with Crippen LogP contribution in [0.4, 0.5) is 0 Å². The Morgan fingerprint density at radius 3 is 1.50 bits per heavy atom. The third-order valence-electron chi connectivity index (χ3n) is 0. The molecule has 6 heteroatoms. The minimum atomic E-state index is -3.13. The van der Waals surface area contributed by atoms with Crippen LogP contribution in [0.15, 0.2) is 0 Å². The third kappa shape index (κ3) is 35.0. The topological polar surface area (TPSA) is 57.5 Å². The number of hydrogen-bond acceptors (Lipinski definition) is 1. The number of hydrogen-bond donors (Lipinski definition) is 2. The molecule has 0 aliphatic rings. The van der Waals surface area contributed by atoms with Gasteiger partial charge in [-0.2, -0.15) is 0 Å². The molecule has 0 aromatic heterocycles. The van der Waals surface area contributed by atoms with Crippen LogP contribution < -0.4 is 51.4 Å². The van der Waals surface area contributed by atoms with E-state index in [2.05, 4.69) is 0 Å². The van der Waals surface area contributed by atoms with Gasteiger partial charge < -0.3 is 11.0 Å². The Kier molecular flexibility index (Phi) is 26.8. The molecule has 0 aromatic rings. The van der Waals surface area contributed by atoms with Crippen LogP contribution in [0.25, 0.3) is 0 Å². The third-order valence-corrected chi connectivity index (χ3v) is 0. The van der Waals surface area contributed by atoms with Gasteiger partial charge in [0.2, 0.25) is 0 Å². The second-order valence-corrected chi connectivity index (χ2v) is 0.848. The van der Waals surface area contributed by atoms with Gasteiger partial charge in [0.25, 0.3) is 0 Å². The molecule has 0 amide bonds. The summed E-state index contributed by atoms with van der Waals surface area (Å²) in [4.78, 5) is 14.3. The summed E-state index contributed by atoms with van der Waals surface area (Å²) >= 11 is 0. The molecule has 2 N–H and O–H groups in total. The van der Waals surface area contributed by atoms with Gasteiger partial charge in [0.05, 0.1) is 0 Å². The Labute approximate surface area is 101 Å². The first-order valence-electron chi connectivity index (χ1n) is 0.651. The van der Waals surface area contributed by atoms with Crippen LogP contribution in [0.2, 0.25) is 0 Å². The molecule has 0 atom stereocenters. The van der Waals surface area contributed by atoms with Crippen molar-refractivity contribution in [2.45, 2.75) is 0 Å². The van der Waals surface area contributed by atoms with Gasteiger partial charge in [0, 0.05) is 0 Å². The maximum absolute atomic E-state index is 8.74. The van der Waals surface area contributed by atoms with Crippen molar-refractivity contribution in [1.29, 1.82) is 0 Å². The summed E-state index contributed by atoms with van der Waals surface area (Å²) in [6, 6.07) is 0. The van der Waals surface area contributed by atoms with E-state index in [0.717, 1.165) is 0 Å². The average Bonchev–Trinajstić information content (AvgIpc) is 0.811. The maximum atomic E-state index is 8.74. The quantitative estimate of drug-likeness (QED) is 0.437. The van der Waals surface area contributed by atoms with E-state index in [1.807, 2.05) is 0 Å². The van der Waals surface area contributed by atoms with Crippen molar-refractivity contribution in [3.05, 3.63) is 0 Å². The van der Waals surface area contributed by atoms with Gasteiger partial charge in [0.1, 0.15) is 0 Å². The van der Waals surface area contributed by atoms with Crippen molar-refractivity contribution in [1.82, 2.24) is 0 Å². The van der Waals surface area contributed by atoms with Gasteiger partial charge in [-0.25, -0.2) is 0 Å². The molecule has 0 aliphatic heterocycles. The summed E-state index contributed by atoms with van der Waals surface area (Å²) in [5.74, 6) is 0. The molecule has 0 heterocycles. The standard InChI is InChI=1S/K.H2O3Si.Pb.3H/c;1-4(2)3;;;;/h;1-2H;;;;/q+1;;;;;-1. The van der Waals surface area contributed by atoms with E-state index in [1.165, 1.54) is 0 Å². The molecule has 0 aliphatic carbocycles. The van der Waals surface area contributed by atoms with Gasteiger partial charge in [-0.1, -0.05) is 0 Å². The predicted molar refractivity (Wildman–Crippen MR) is 20.5 cm³/mol. The van der Waals surface area contributed by atoms with E-state index in [1.54, 1.807) is 0 Å². The van der Waals surface area contributed by atoms with Gasteiger partial charge >= 0.3 is 87.9 Å². The summed E-state index contributed by atoms with van der Waals surface area (Å²) in [5, 5.41) is 0. The molecule has 3 nitrogen and oxygen atoms in total. The number of rotatable bonds is 0. The first-order chi connectivity index (χ1) is 1.73. The molecule has 0 aromatic carbocycles. The minimum absolute atomic E-state index is 0. The predicted octanol–water partition coefficient (Wildman–Crippen LogP) is -5.41. The molecule has 32 valence electrons. The van der Waals surface area contributed by atoms with Gasteiger partial charge in [-0.05, 0) is 0 Å².